The van der Waals surface area contributed by atoms with Gasteiger partial charge in [-0.3, -0.25) is 4.90 Å². The van der Waals surface area contributed by atoms with Crippen molar-refractivity contribution in [2.24, 2.45) is 0 Å². The molecule has 0 spiro atoms. The highest BCUT2D eigenvalue weighted by molar-refractivity contribution is 7.19. The molecule has 5 rings (SSSR count). The summed E-state index contributed by atoms with van der Waals surface area (Å²) in [6.45, 7) is 4.20. The number of nitrogens with one attached hydrogen (secondary N) is 1. The molecule has 152 valence electrons. The predicted octanol–water partition coefficient (Wildman–Crippen LogP) is 4.15. The van der Waals surface area contributed by atoms with Crippen LogP contribution in [0.4, 0.5) is 11.5 Å². The van der Waals surface area contributed by atoms with E-state index in [9.17, 15) is 0 Å². The largest absolute Gasteiger partial charge is 0.497 e. The second kappa shape index (κ2) is 8.26. The number of hydrogen-bond acceptors (Lipinski definition) is 7. The number of rotatable bonds is 5. The van der Waals surface area contributed by atoms with E-state index >= 15 is 0 Å². The molecule has 2 aliphatic rings. The van der Waals surface area contributed by atoms with E-state index < -0.39 is 0 Å². The molecule has 1 aromatic carbocycles. The van der Waals surface area contributed by atoms with Crippen molar-refractivity contribution in [1.82, 2.24) is 14.9 Å². The van der Waals surface area contributed by atoms with Gasteiger partial charge in [-0.05, 0) is 55.5 Å². The van der Waals surface area contributed by atoms with Gasteiger partial charge >= 0.3 is 0 Å². The number of nitrogens with zero attached hydrogens (tertiary/aromatic N) is 3. The average molecular weight is 411 g/mol. The van der Waals surface area contributed by atoms with E-state index in [2.05, 4.69) is 10.2 Å². The fourth-order valence-electron chi connectivity index (χ4n) is 4.13. The molecular weight excluding hydrogens is 384 g/mol. The summed E-state index contributed by atoms with van der Waals surface area (Å²) in [7, 11) is 1.69. The molecule has 3 aromatic rings. The molecule has 3 heterocycles. The minimum Gasteiger partial charge on any atom is -0.497 e. The first-order valence-electron chi connectivity index (χ1n) is 10.3. The summed E-state index contributed by atoms with van der Waals surface area (Å²) in [6.07, 6.45) is 4.81. The monoisotopic (exact) mass is 410 g/mol. The van der Waals surface area contributed by atoms with Crippen molar-refractivity contribution in [2.45, 2.75) is 32.2 Å². The summed E-state index contributed by atoms with van der Waals surface area (Å²) >= 11 is 1.85. The molecule has 0 amide bonds. The fraction of sp³-hybridized carbons (Fsp3) is 0.455. The number of fused-ring (bicyclic) bond motifs is 3. The van der Waals surface area contributed by atoms with Crippen molar-refractivity contribution in [1.29, 1.82) is 0 Å². The first-order chi connectivity index (χ1) is 14.3. The van der Waals surface area contributed by atoms with Gasteiger partial charge in [0.05, 0.1) is 32.3 Å². The van der Waals surface area contributed by atoms with Gasteiger partial charge in [-0.15, -0.1) is 11.3 Å². The van der Waals surface area contributed by atoms with Gasteiger partial charge in [0, 0.05) is 23.7 Å². The normalized spacial score (nSPS) is 17.3. The van der Waals surface area contributed by atoms with Gasteiger partial charge in [0.1, 0.15) is 22.2 Å². The van der Waals surface area contributed by atoms with Gasteiger partial charge in [0.25, 0.3) is 0 Å². The van der Waals surface area contributed by atoms with Gasteiger partial charge in [0.15, 0.2) is 0 Å². The lowest BCUT2D eigenvalue weighted by Gasteiger charge is -2.25. The van der Waals surface area contributed by atoms with Gasteiger partial charge in [-0.1, -0.05) is 0 Å². The zero-order valence-electron chi connectivity index (χ0n) is 16.7. The second-order valence-corrected chi connectivity index (χ2v) is 8.71. The van der Waals surface area contributed by atoms with E-state index in [0.29, 0.717) is 0 Å². The van der Waals surface area contributed by atoms with E-state index in [1.165, 1.54) is 28.7 Å². The molecule has 0 bridgehead atoms. The van der Waals surface area contributed by atoms with Gasteiger partial charge in [0.2, 0.25) is 0 Å². The molecule has 2 aromatic heterocycles. The Hall–Kier alpha value is -2.22. The fourth-order valence-corrected chi connectivity index (χ4v) is 5.41. The smallest absolute Gasteiger partial charge is 0.146 e. The van der Waals surface area contributed by atoms with Crippen LogP contribution in [0.25, 0.3) is 10.2 Å². The van der Waals surface area contributed by atoms with E-state index in [-0.39, 0.29) is 0 Å². The average Bonchev–Trinajstić information content (AvgIpc) is 3.13. The van der Waals surface area contributed by atoms with Crippen LogP contribution in [0.15, 0.2) is 24.3 Å². The second-order valence-electron chi connectivity index (χ2n) is 7.62. The van der Waals surface area contributed by atoms with Gasteiger partial charge < -0.3 is 14.8 Å². The molecule has 0 unspecified atom stereocenters. The number of hydrogen-bond donors (Lipinski definition) is 1. The van der Waals surface area contributed by atoms with Gasteiger partial charge in [-0.2, -0.15) is 0 Å². The van der Waals surface area contributed by atoms with Crippen molar-refractivity contribution in [3.63, 3.8) is 0 Å². The summed E-state index contributed by atoms with van der Waals surface area (Å²) in [6, 6.07) is 8.01. The van der Waals surface area contributed by atoms with E-state index in [1.807, 2.05) is 35.6 Å². The van der Waals surface area contributed by atoms with E-state index in [4.69, 9.17) is 19.4 Å². The topological polar surface area (TPSA) is 59.5 Å². The molecule has 1 saturated heterocycles. The Morgan fingerprint density at radius 3 is 2.69 bits per heavy atom. The molecule has 1 fully saturated rings. The Morgan fingerprint density at radius 1 is 1.10 bits per heavy atom. The number of methoxy groups -OCH3 is 1. The lowest BCUT2D eigenvalue weighted by atomic mass is 9.97. The minimum atomic E-state index is 0.763. The molecule has 6 nitrogen and oxygen atoms in total. The van der Waals surface area contributed by atoms with Crippen LogP contribution in [0.5, 0.6) is 5.75 Å². The number of aromatic nitrogens is 2. The van der Waals surface area contributed by atoms with Crippen molar-refractivity contribution in [2.75, 3.05) is 38.7 Å². The highest BCUT2D eigenvalue weighted by atomic mass is 32.1. The summed E-state index contributed by atoms with van der Waals surface area (Å²) in [4.78, 5) is 14.9. The van der Waals surface area contributed by atoms with Crippen LogP contribution < -0.4 is 10.1 Å². The standard InChI is InChI=1S/C22H26N4O2S/c1-27-16-8-6-15(7-9-16)23-21-20-17-4-2-3-5-18(17)29-22(20)25-19(24-21)14-26-10-12-28-13-11-26/h6-9H,2-5,10-14H2,1H3,(H,23,24,25). The quantitative estimate of drug-likeness (QED) is 0.682. The van der Waals surface area contributed by atoms with Crippen molar-refractivity contribution in [3.05, 3.63) is 40.5 Å². The molecular formula is C22H26N4O2S. The molecule has 29 heavy (non-hydrogen) atoms. The highest BCUT2D eigenvalue weighted by Gasteiger charge is 2.22. The van der Waals surface area contributed by atoms with Crippen molar-refractivity contribution < 1.29 is 9.47 Å². The summed E-state index contributed by atoms with van der Waals surface area (Å²) in [5.74, 6) is 2.67. The lowest BCUT2D eigenvalue weighted by Crippen LogP contribution is -2.36. The van der Waals surface area contributed by atoms with Crippen LogP contribution in [0.1, 0.15) is 29.1 Å². The number of anilines is 2. The molecule has 1 aliphatic heterocycles. The number of morpholine rings is 1. The third-order valence-corrected chi connectivity index (χ3v) is 6.87. The first-order valence-corrected chi connectivity index (χ1v) is 11.1. The molecule has 1 aliphatic carbocycles. The molecule has 7 heteroatoms. The Kier molecular flexibility index (Phi) is 5.35. The Balaban J connectivity index is 1.53. The van der Waals surface area contributed by atoms with Crippen LogP contribution >= 0.6 is 11.3 Å². The summed E-state index contributed by atoms with van der Waals surface area (Å²) < 4.78 is 10.8. The van der Waals surface area contributed by atoms with E-state index in [0.717, 1.165) is 73.6 Å². The van der Waals surface area contributed by atoms with Crippen LogP contribution in [0.2, 0.25) is 0 Å². The predicted molar refractivity (Wildman–Crippen MR) is 116 cm³/mol. The molecule has 0 saturated carbocycles. The van der Waals surface area contributed by atoms with Crippen molar-refractivity contribution >= 4 is 33.1 Å². The highest BCUT2D eigenvalue weighted by Crippen LogP contribution is 2.39. The van der Waals surface area contributed by atoms with Crippen LogP contribution in [-0.4, -0.2) is 48.3 Å². The maximum Gasteiger partial charge on any atom is 0.146 e. The lowest BCUT2D eigenvalue weighted by molar-refractivity contribution is 0.0331. The third kappa shape index (κ3) is 3.95. The van der Waals surface area contributed by atoms with Crippen molar-refractivity contribution in [3.8, 4) is 5.75 Å². The number of ether oxygens (including phenoxy) is 2. The number of thiophene rings is 1. The van der Waals surface area contributed by atoms with E-state index in [1.54, 1.807) is 7.11 Å². The van der Waals surface area contributed by atoms with Crippen LogP contribution in [0, 0.1) is 0 Å². The molecule has 0 atom stereocenters. The Labute approximate surface area is 174 Å². The Bertz CT molecular complexity index is 996. The number of benzene rings is 1. The van der Waals surface area contributed by atoms with Crippen LogP contribution in [0.3, 0.4) is 0 Å². The molecule has 1 N–H and O–H groups in total. The Morgan fingerprint density at radius 2 is 1.90 bits per heavy atom. The maximum absolute atomic E-state index is 5.48. The third-order valence-electron chi connectivity index (χ3n) is 5.68. The maximum atomic E-state index is 5.48. The summed E-state index contributed by atoms with van der Waals surface area (Å²) in [5.41, 5.74) is 2.46. The first kappa shape index (κ1) is 18.8. The molecule has 0 radical (unpaired) electrons. The minimum absolute atomic E-state index is 0.763. The zero-order valence-corrected chi connectivity index (χ0v) is 17.6. The zero-order chi connectivity index (χ0) is 19.6. The number of aryl methyl sites for hydroxylation is 2. The van der Waals surface area contributed by atoms with Gasteiger partial charge in [-0.25, -0.2) is 9.97 Å². The van der Waals surface area contributed by atoms with Crippen LogP contribution in [-0.2, 0) is 24.1 Å². The SMILES string of the molecule is COc1ccc(Nc2nc(CN3CCOCC3)nc3sc4c(c23)CCCC4)cc1. The summed E-state index contributed by atoms with van der Waals surface area (Å²) in [5, 5.41) is 4.78.